The molecule has 0 fully saturated rings. The van der Waals surface area contributed by atoms with Gasteiger partial charge in [-0.3, -0.25) is 19.0 Å². The molecule has 2 amide bonds. The lowest BCUT2D eigenvalue weighted by molar-refractivity contribution is -0.121. The molecule has 0 aliphatic rings. The van der Waals surface area contributed by atoms with E-state index in [2.05, 4.69) is 30.8 Å². The Labute approximate surface area is 149 Å². The number of rotatable bonds is 7. The van der Waals surface area contributed by atoms with Gasteiger partial charge >= 0.3 is 0 Å². The van der Waals surface area contributed by atoms with Crippen molar-refractivity contribution in [2.45, 2.75) is 25.8 Å². The Bertz CT molecular complexity index is 894. The summed E-state index contributed by atoms with van der Waals surface area (Å²) in [4.78, 5) is 31.7. The van der Waals surface area contributed by atoms with Gasteiger partial charge in [0.15, 0.2) is 11.5 Å². The maximum absolute atomic E-state index is 12.1. The molecule has 9 heteroatoms. The number of hydrogen-bond donors (Lipinski definition) is 2. The fourth-order valence-electron chi connectivity index (χ4n) is 2.49. The van der Waals surface area contributed by atoms with Crippen LogP contribution in [0.25, 0.3) is 5.65 Å². The van der Waals surface area contributed by atoms with Crippen molar-refractivity contribution in [3.63, 3.8) is 0 Å². The number of fused-ring (bicyclic) bond motifs is 1. The van der Waals surface area contributed by atoms with Gasteiger partial charge in [-0.1, -0.05) is 6.07 Å². The quantitative estimate of drug-likeness (QED) is 0.610. The fraction of sp³-hybridized carbons (Fsp3) is 0.294. The number of pyridine rings is 1. The van der Waals surface area contributed by atoms with Crippen molar-refractivity contribution >= 4 is 17.5 Å². The molecule has 9 nitrogen and oxygen atoms in total. The Hall–Kier alpha value is -3.36. The van der Waals surface area contributed by atoms with Crippen molar-refractivity contribution in [2.24, 2.45) is 0 Å². The average molecular weight is 353 g/mol. The van der Waals surface area contributed by atoms with Crippen LogP contribution in [-0.2, 0) is 4.79 Å². The number of aromatic nitrogens is 5. The zero-order valence-corrected chi connectivity index (χ0v) is 14.3. The summed E-state index contributed by atoms with van der Waals surface area (Å²) < 4.78 is 1.84. The molecular formula is C17H19N7O2. The van der Waals surface area contributed by atoms with Crippen molar-refractivity contribution in [3.8, 4) is 0 Å². The monoisotopic (exact) mass is 353 g/mol. The first-order valence-electron chi connectivity index (χ1n) is 8.28. The molecule has 0 radical (unpaired) electrons. The molecule has 3 aromatic heterocycles. The van der Waals surface area contributed by atoms with Gasteiger partial charge in [0.1, 0.15) is 5.69 Å². The molecule has 0 aliphatic heterocycles. The van der Waals surface area contributed by atoms with E-state index in [1.165, 1.54) is 18.6 Å². The van der Waals surface area contributed by atoms with E-state index in [9.17, 15) is 9.59 Å². The molecule has 1 atom stereocenters. The predicted molar refractivity (Wildman–Crippen MR) is 93.1 cm³/mol. The second-order valence-electron chi connectivity index (χ2n) is 5.73. The molecule has 3 heterocycles. The zero-order valence-electron chi connectivity index (χ0n) is 14.3. The van der Waals surface area contributed by atoms with Crippen LogP contribution in [0.15, 0.2) is 43.0 Å². The van der Waals surface area contributed by atoms with Gasteiger partial charge in [-0.2, -0.15) is 0 Å². The summed E-state index contributed by atoms with van der Waals surface area (Å²) in [7, 11) is 0. The molecule has 0 bridgehead atoms. The van der Waals surface area contributed by atoms with Crippen LogP contribution in [0.3, 0.4) is 0 Å². The number of amides is 2. The van der Waals surface area contributed by atoms with Gasteiger partial charge in [-0.15, -0.1) is 10.2 Å². The van der Waals surface area contributed by atoms with Crippen LogP contribution in [0.2, 0.25) is 0 Å². The molecular weight excluding hydrogens is 334 g/mol. The number of nitrogens with one attached hydrogen (secondary N) is 2. The minimum absolute atomic E-state index is 0.112. The van der Waals surface area contributed by atoms with Crippen molar-refractivity contribution in [2.75, 3.05) is 6.54 Å². The van der Waals surface area contributed by atoms with Gasteiger partial charge in [-0.25, -0.2) is 4.98 Å². The van der Waals surface area contributed by atoms with E-state index in [1.54, 1.807) is 0 Å². The largest absolute Gasteiger partial charge is 0.351 e. The molecule has 0 saturated heterocycles. The smallest absolute Gasteiger partial charge is 0.271 e. The van der Waals surface area contributed by atoms with Crippen molar-refractivity contribution in [3.05, 3.63) is 54.5 Å². The molecule has 0 unspecified atom stereocenters. The van der Waals surface area contributed by atoms with Crippen LogP contribution in [0.1, 0.15) is 42.1 Å². The SMILES string of the molecule is C[C@H](NC(=O)CCCNC(=O)c1cnccn1)c1nnc2ccccn12. The normalized spacial score (nSPS) is 11.9. The minimum Gasteiger partial charge on any atom is -0.351 e. The first-order chi connectivity index (χ1) is 12.6. The fourth-order valence-corrected chi connectivity index (χ4v) is 2.49. The third kappa shape index (κ3) is 4.18. The summed E-state index contributed by atoms with van der Waals surface area (Å²) in [6, 6.07) is 5.35. The summed E-state index contributed by atoms with van der Waals surface area (Å²) in [5.41, 5.74) is 0.986. The highest BCUT2D eigenvalue weighted by Crippen LogP contribution is 2.11. The Morgan fingerprint density at radius 3 is 2.92 bits per heavy atom. The molecule has 2 N–H and O–H groups in total. The number of nitrogens with zero attached hydrogens (tertiary/aromatic N) is 5. The Morgan fingerprint density at radius 2 is 2.12 bits per heavy atom. The second-order valence-corrected chi connectivity index (χ2v) is 5.73. The summed E-state index contributed by atoms with van der Waals surface area (Å²) in [5.74, 6) is 0.255. The summed E-state index contributed by atoms with van der Waals surface area (Å²) in [5, 5.41) is 13.8. The van der Waals surface area contributed by atoms with Crippen LogP contribution in [0, 0.1) is 0 Å². The van der Waals surface area contributed by atoms with Crippen molar-refractivity contribution in [1.82, 2.24) is 35.2 Å². The zero-order chi connectivity index (χ0) is 18.4. The molecule has 0 saturated carbocycles. The van der Waals surface area contributed by atoms with Crippen molar-refractivity contribution in [1.29, 1.82) is 0 Å². The highest BCUT2D eigenvalue weighted by molar-refractivity contribution is 5.91. The Morgan fingerprint density at radius 1 is 1.23 bits per heavy atom. The van der Waals surface area contributed by atoms with Gasteiger partial charge in [0.2, 0.25) is 5.91 Å². The predicted octanol–water partition coefficient (Wildman–Crippen LogP) is 0.907. The first-order valence-corrected chi connectivity index (χ1v) is 8.28. The van der Waals surface area contributed by atoms with Crippen LogP contribution < -0.4 is 10.6 Å². The van der Waals surface area contributed by atoms with Gasteiger partial charge < -0.3 is 10.6 Å². The Kier molecular flexibility index (Phi) is 5.47. The van der Waals surface area contributed by atoms with Gasteiger partial charge in [0, 0.05) is 31.6 Å². The third-order valence-electron chi connectivity index (χ3n) is 3.77. The molecule has 26 heavy (non-hydrogen) atoms. The van der Waals surface area contributed by atoms with Crippen LogP contribution >= 0.6 is 0 Å². The van der Waals surface area contributed by atoms with Crippen LogP contribution in [-0.4, -0.2) is 42.9 Å². The van der Waals surface area contributed by atoms with Gasteiger partial charge in [-0.05, 0) is 25.5 Å². The minimum atomic E-state index is -0.304. The van der Waals surface area contributed by atoms with Crippen LogP contribution in [0.4, 0.5) is 0 Å². The number of carbonyl (C=O) groups is 2. The van der Waals surface area contributed by atoms with E-state index in [4.69, 9.17) is 0 Å². The molecule has 0 aromatic carbocycles. The Balaban J connectivity index is 1.43. The molecule has 3 aromatic rings. The molecule has 0 spiro atoms. The third-order valence-corrected chi connectivity index (χ3v) is 3.77. The highest BCUT2D eigenvalue weighted by atomic mass is 16.2. The van der Waals surface area contributed by atoms with Crippen molar-refractivity contribution < 1.29 is 9.59 Å². The van der Waals surface area contributed by atoms with Crippen LogP contribution in [0.5, 0.6) is 0 Å². The lowest BCUT2D eigenvalue weighted by Crippen LogP contribution is -2.30. The second kappa shape index (κ2) is 8.15. The van der Waals surface area contributed by atoms with E-state index in [1.807, 2.05) is 35.7 Å². The van der Waals surface area contributed by atoms with E-state index in [0.717, 1.165) is 5.65 Å². The highest BCUT2D eigenvalue weighted by Gasteiger charge is 2.15. The van der Waals surface area contributed by atoms with Gasteiger partial charge in [0.05, 0.1) is 12.2 Å². The number of hydrogen-bond acceptors (Lipinski definition) is 6. The lowest BCUT2D eigenvalue weighted by Gasteiger charge is -2.12. The summed E-state index contributed by atoms with van der Waals surface area (Å²) in [6.07, 6.45) is 7.02. The van der Waals surface area contributed by atoms with E-state index >= 15 is 0 Å². The summed E-state index contributed by atoms with van der Waals surface area (Å²) in [6.45, 7) is 2.24. The lowest BCUT2D eigenvalue weighted by atomic mass is 10.2. The summed E-state index contributed by atoms with van der Waals surface area (Å²) >= 11 is 0. The van der Waals surface area contributed by atoms with Gasteiger partial charge in [0.25, 0.3) is 5.91 Å². The standard InChI is InChI=1S/C17H19N7O2/c1-12(16-23-22-14-5-2-3-10-24(14)16)21-15(25)6-4-7-20-17(26)13-11-18-8-9-19-13/h2-3,5,8-12H,4,6-7H2,1H3,(H,20,26)(H,21,25)/t12-/m0/s1. The average Bonchev–Trinajstić information content (AvgIpc) is 3.10. The first kappa shape index (κ1) is 17.5. The van der Waals surface area contributed by atoms with E-state index in [0.29, 0.717) is 25.2 Å². The molecule has 134 valence electrons. The topological polar surface area (TPSA) is 114 Å². The van der Waals surface area contributed by atoms with E-state index in [-0.39, 0.29) is 23.6 Å². The maximum atomic E-state index is 12.1. The molecule has 3 rings (SSSR count). The number of carbonyl (C=O) groups excluding carboxylic acids is 2. The maximum Gasteiger partial charge on any atom is 0.271 e. The molecule has 0 aliphatic carbocycles. The van der Waals surface area contributed by atoms with E-state index < -0.39 is 0 Å².